The van der Waals surface area contributed by atoms with Gasteiger partial charge in [-0.05, 0) is 5.56 Å². The minimum absolute atomic E-state index is 0.131. The maximum Gasteiger partial charge on any atom is 0.269 e. The first kappa shape index (κ1) is 11.6. The molecule has 0 bridgehead atoms. The Balaban J connectivity index is 1.76. The lowest BCUT2D eigenvalue weighted by Gasteiger charge is -2.43. The summed E-state index contributed by atoms with van der Waals surface area (Å²) in [5.41, 5.74) is 0.775. The Kier molecular flexibility index (Phi) is 2.77. The van der Waals surface area contributed by atoms with E-state index in [2.05, 4.69) is 4.90 Å². The molecule has 18 heavy (non-hydrogen) atoms. The molecular weight excluding hydrogens is 236 g/mol. The predicted molar refractivity (Wildman–Crippen MR) is 63.0 cm³/mol. The number of nitro benzene ring substituents is 1. The minimum Gasteiger partial charge on any atom is -0.372 e. The average molecular weight is 250 g/mol. The van der Waals surface area contributed by atoms with Gasteiger partial charge in [0.15, 0.2) is 5.72 Å². The molecule has 1 spiro atoms. The molecule has 0 radical (unpaired) electrons. The second-order valence-corrected chi connectivity index (χ2v) is 4.64. The van der Waals surface area contributed by atoms with Crippen molar-refractivity contribution in [3.8, 4) is 0 Å². The SMILES string of the molecule is O=[N+]([O-])c1cccc(CN2CCOC23COC3)c1. The summed E-state index contributed by atoms with van der Waals surface area (Å²) < 4.78 is 10.9. The monoisotopic (exact) mass is 250 g/mol. The molecule has 6 heteroatoms. The maximum atomic E-state index is 10.7. The van der Waals surface area contributed by atoms with Gasteiger partial charge in [-0.3, -0.25) is 15.0 Å². The first-order chi connectivity index (χ1) is 8.70. The van der Waals surface area contributed by atoms with E-state index in [4.69, 9.17) is 9.47 Å². The standard InChI is InChI=1S/C12H14N2O4/c15-14(16)11-3-1-2-10(6-11)7-13-4-5-18-12(13)8-17-9-12/h1-3,6H,4-5,7-9H2. The van der Waals surface area contributed by atoms with Crippen LogP contribution in [0.25, 0.3) is 0 Å². The highest BCUT2D eigenvalue weighted by atomic mass is 16.6. The Labute approximate surface area is 104 Å². The van der Waals surface area contributed by atoms with Crippen molar-refractivity contribution in [2.45, 2.75) is 12.3 Å². The predicted octanol–water partition coefficient (Wildman–Crippen LogP) is 1.15. The van der Waals surface area contributed by atoms with Crippen molar-refractivity contribution in [2.24, 2.45) is 0 Å². The van der Waals surface area contributed by atoms with E-state index < -0.39 is 0 Å². The van der Waals surface area contributed by atoms with Crippen LogP contribution < -0.4 is 0 Å². The Morgan fingerprint density at radius 2 is 2.28 bits per heavy atom. The summed E-state index contributed by atoms with van der Waals surface area (Å²) in [7, 11) is 0. The lowest BCUT2D eigenvalue weighted by molar-refractivity contribution is -0.384. The largest absolute Gasteiger partial charge is 0.372 e. The van der Waals surface area contributed by atoms with Crippen molar-refractivity contribution in [3.63, 3.8) is 0 Å². The number of hydrogen-bond acceptors (Lipinski definition) is 5. The lowest BCUT2D eigenvalue weighted by Crippen LogP contribution is -2.59. The zero-order valence-corrected chi connectivity index (χ0v) is 9.87. The van der Waals surface area contributed by atoms with Crippen LogP contribution in [0.4, 0.5) is 5.69 Å². The molecule has 0 unspecified atom stereocenters. The van der Waals surface area contributed by atoms with E-state index in [0.29, 0.717) is 26.4 Å². The molecule has 6 nitrogen and oxygen atoms in total. The Morgan fingerprint density at radius 3 is 2.94 bits per heavy atom. The molecule has 1 aromatic carbocycles. The number of benzene rings is 1. The van der Waals surface area contributed by atoms with Crippen molar-refractivity contribution in [1.82, 2.24) is 4.90 Å². The van der Waals surface area contributed by atoms with Crippen molar-refractivity contribution < 1.29 is 14.4 Å². The van der Waals surface area contributed by atoms with Gasteiger partial charge in [-0.15, -0.1) is 0 Å². The summed E-state index contributed by atoms with van der Waals surface area (Å²) >= 11 is 0. The van der Waals surface area contributed by atoms with Crippen molar-refractivity contribution >= 4 is 5.69 Å². The fourth-order valence-corrected chi connectivity index (χ4v) is 2.40. The first-order valence-electron chi connectivity index (χ1n) is 5.90. The van der Waals surface area contributed by atoms with Gasteiger partial charge in [0.2, 0.25) is 0 Å². The van der Waals surface area contributed by atoms with Crippen LogP contribution in [0.15, 0.2) is 24.3 Å². The number of ether oxygens (including phenoxy) is 2. The van der Waals surface area contributed by atoms with Gasteiger partial charge in [0, 0.05) is 25.2 Å². The number of nitro groups is 1. The molecule has 2 saturated heterocycles. The van der Waals surface area contributed by atoms with Gasteiger partial charge in [-0.1, -0.05) is 12.1 Å². The summed E-state index contributed by atoms with van der Waals surface area (Å²) in [5.74, 6) is 0. The molecule has 0 aromatic heterocycles. The van der Waals surface area contributed by atoms with Gasteiger partial charge in [-0.25, -0.2) is 0 Å². The van der Waals surface area contributed by atoms with E-state index in [0.717, 1.165) is 12.1 Å². The third-order valence-electron chi connectivity index (χ3n) is 3.46. The van der Waals surface area contributed by atoms with Crippen molar-refractivity contribution in [3.05, 3.63) is 39.9 Å². The van der Waals surface area contributed by atoms with Crippen LogP contribution in [-0.4, -0.2) is 41.9 Å². The zero-order valence-electron chi connectivity index (χ0n) is 9.87. The lowest BCUT2D eigenvalue weighted by atomic mass is 10.1. The van der Waals surface area contributed by atoms with Crippen LogP contribution >= 0.6 is 0 Å². The van der Waals surface area contributed by atoms with Crippen LogP contribution in [0.3, 0.4) is 0 Å². The van der Waals surface area contributed by atoms with Crippen LogP contribution in [0, 0.1) is 10.1 Å². The second-order valence-electron chi connectivity index (χ2n) is 4.64. The molecule has 2 aliphatic heterocycles. The third kappa shape index (κ3) is 1.88. The van der Waals surface area contributed by atoms with Crippen LogP contribution in [0.1, 0.15) is 5.56 Å². The second kappa shape index (κ2) is 4.31. The number of rotatable bonds is 3. The molecule has 0 N–H and O–H groups in total. The smallest absolute Gasteiger partial charge is 0.269 e. The van der Waals surface area contributed by atoms with Crippen LogP contribution in [-0.2, 0) is 16.0 Å². The highest BCUT2D eigenvalue weighted by Gasteiger charge is 2.48. The van der Waals surface area contributed by atoms with E-state index in [9.17, 15) is 10.1 Å². The average Bonchev–Trinajstić information content (AvgIpc) is 2.73. The third-order valence-corrected chi connectivity index (χ3v) is 3.46. The van der Waals surface area contributed by atoms with Gasteiger partial charge >= 0.3 is 0 Å². The van der Waals surface area contributed by atoms with Crippen molar-refractivity contribution in [2.75, 3.05) is 26.4 Å². The van der Waals surface area contributed by atoms with Gasteiger partial charge in [-0.2, -0.15) is 0 Å². The Bertz CT molecular complexity index is 473. The number of nitrogens with zero attached hydrogens (tertiary/aromatic N) is 2. The molecular formula is C12H14N2O4. The quantitative estimate of drug-likeness (QED) is 0.595. The maximum absolute atomic E-state index is 10.7. The Hall–Kier alpha value is -1.50. The summed E-state index contributed by atoms with van der Waals surface area (Å²) in [6.45, 7) is 3.36. The zero-order chi connectivity index (χ0) is 12.6. The van der Waals surface area contributed by atoms with E-state index in [-0.39, 0.29) is 16.3 Å². The Morgan fingerprint density at radius 1 is 1.44 bits per heavy atom. The van der Waals surface area contributed by atoms with Crippen molar-refractivity contribution in [1.29, 1.82) is 0 Å². The van der Waals surface area contributed by atoms with Gasteiger partial charge in [0.05, 0.1) is 24.7 Å². The molecule has 2 heterocycles. The summed E-state index contributed by atoms with van der Waals surface area (Å²) in [4.78, 5) is 12.6. The molecule has 96 valence electrons. The van der Waals surface area contributed by atoms with Crippen LogP contribution in [0.5, 0.6) is 0 Å². The first-order valence-corrected chi connectivity index (χ1v) is 5.90. The van der Waals surface area contributed by atoms with Gasteiger partial charge in [0.25, 0.3) is 5.69 Å². The van der Waals surface area contributed by atoms with E-state index in [1.807, 2.05) is 6.07 Å². The minimum atomic E-state index is -0.369. The molecule has 0 aliphatic carbocycles. The number of non-ortho nitro benzene ring substituents is 1. The molecule has 1 aromatic rings. The summed E-state index contributed by atoms with van der Waals surface area (Å²) in [5, 5.41) is 10.7. The topological polar surface area (TPSA) is 64.8 Å². The fourth-order valence-electron chi connectivity index (χ4n) is 2.40. The summed E-state index contributed by atoms with van der Waals surface area (Å²) in [6.07, 6.45) is 0. The van der Waals surface area contributed by atoms with Gasteiger partial charge < -0.3 is 9.47 Å². The fraction of sp³-hybridized carbons (Fsp3) is 0.500. The molecule has 2 fully saturated rings. The highest BCUT2D eigenvalue weighted by Crippen LogP contribution is 2.32. The summed E-state index contributed by atoms with van der Waals surface area (Å²) in [6, 6.07) is 6.74. The molecule has 0 amide bonds. The van der Waals surface area contributed by atoms with E-state index >= 15 is 0 Å². The van der Waals surface area contributed by atoms with E-state index in [1.165, 1.54) is 6.07 Å². The van der Waals surface area contributed by atoms with Gasteiger partial charge in [0.1, 0.15) is 0 Å². The molecule has 3 rings (SSSR count). The highest BCUT2D eigenvalue weighted by molar-refractivity contribution is 5.34. The van der Waals surface area contributed by atoms with Crippen LogP contribution in [0.2, 0.25) is 0 Å². The molecule has 2 aliphatic rings. The molecule has 0 saturated carbocycles. The van der Waals surface area contributed by atoms with E-state index in [1.54, 1.807) is 12.1 Å². The number of hydrogen-bond donors (Lipinski definition) is 0. The molecule has 0 atom stereocenters. The normalized spacial score (nSPS) is 22.0.